The lowest BCUT2D eigenvalue weighted by molar-refractivity contribution is -0.167. The lowest BCUT2D eigenvalue weighted by Crippen LogP contribution is -2.30. The van der Waals surface area contributed by atoms with Gasteiger partial charge >= 0.3 is 17.9 Å². The van der Waals surface area contributed by atoms with Crippen LogP contribution >= 0.6 is 0 Å². The van der Waals surface area contributed by atoms with Gasteiger partial charge in [0.05, 0.1) is 0 Å². The van der Waals surface area contributed by atoms with Gasteiger partial charge in [-0.25, -0.2) is 0 Å². The van der Waals surface area contributed by atoms with Gasteiger partial charge in [-0.1, -0.05) is 319 Å². The topological polar surface area (TPSA) is 78.9 Å². The Bertz CT molecular complexity index is 1340. The number of unbranched alkanes of at least 4 members (excludes halogenated alkanes) is 39. The largest absolute Gasteiger partial charge is 0.462 e. The van der Waals surface area contributed by atoms with Crippen molar-refractivity contribution in [3.8, 4) is 0 Å². The summed E-state index contributed by atoms with van der Waals surface area (Å²) in [6.45, 7) is 6.56. The number of allylic oxidation sites excluding steroid dienone is 10. The second-order valence-electron chi connectivity index (χ2n) is 22.0. The quantitative estimate of drug-likeness (QED) is 0.0261. The highest BCUT2D eigenvalue weighted by Gasteiger charge is 2.19. The molecule has 0 saturated carbocycles. The molecular weight excluding hydrogens is 925 g/mol. The zero-order valence-electron chi connectivity index (χ0n) is 50.1. The third-order valence-corrected chi connectivity index (χ3v) is 14.5. The van der Waals surface area contributed by atoms with Crippen LogP contribution in [0.4, 0.5) is 0 Å². The van der Waals surface area contributed by atoms with Crippen molar-refractivity contribution in [3.63, 3.8) is 0 Å². The van der Waals surface area contributed by atoms with Crippen molar-refractivity contribution < 1.29 is 28.6 Å². The number of hydrogen-bond acceptors (Lipinski definition) is 6. The van der Waals surface area contributed by atoms with Crippen molar-refractivity contribution in [2.75, 3.05) is 13.2 Å². The van der Waals surface area contributed by atoms with Crippen LogP contribution < -0.4 is 0 Å². The highest BCUT2D eigenvalue weighted by molar-refractivity contribution is 5.71. The fourth-order valence-corrected chi connectivity index (χ4v) is 9.65. The van der Waals surface area contributed by atoms with Gasteiger partial charge in [0.25, 0.3) is 0 Å². The molecule has 0 aliphatic heterocycles. The maximum absolute atomic E-state index is 12.9. The lowest BCUT2D eigenvalue weighted by Gasteiger charge is -2.18. The molecule has 0 aromatic rings. The molecule has 0 aliphatic carbocycles. The number of ether oxygens (including phenoxy) is 3. The Morgan fingerprint density at radius 3 is 0.813 bits per heavy atom. The standard InChI is InChI=1S/C69H124O6/c1-4-7-10-13-16-19-21-23-25-27-29-30-31-32-33-34-35-36-37-38-40-41-43-45-47-50-53-56-59-62-68(71)74-65-66(64-73-67(70)61-58-55-52-49-18-15-12-9-6-3)75-69(72)63-60-57-54-51-48-46-44-42-39-28-26-24-22-20-17-14-11-8-5-2/h7,10,16,19,23,25,29-30,32-33,66H,4-6,8-9,11-15,17-18,20-22,24,26-28,31,34-65H2,1-3H3/b10-7-,19-16-,25-23-,30-29-,33-32-. The minimum Gasteiger partial charge on any atom is -0.462 e. The summed E-state index contributed by atoms with van der Waals surface area (Å²) in [6.07, 6.45) is 81.0. The Balaban J connectivity index is 4.14. The van der Waals surface area contributed by atoms with Crippen LogP contribution in [0.2, 0.25) is 0 Å². The average molecular weight is 1050 g/mol. The van der Waals surface area contributed by atoms with Crippen LogP contribution in [0, 0.1) is 0 Å². The summed E-state index contributed by atoms with van der Waals surface area (Å²) in [5, 5.41) is 0. The van der Waals surface area contributed by atoms with E-state index in [2.05, 4.69) is 81.5 Å². The van der Waals surface area contributed by atoms with Crippen LogP contribution in [0.3, 0.4) is 0 Å². The van der Waals surface area contributed by atoms with Crippen LogP contribution in [-0.2, 0) is 28.6 Å². The molecule has 6 nitrogen and oxygen atoms in total. The van der Waals surface area contributed by atoms with Crippen molar-refractivity contribution in [1.29, 1.82) is 0 Å². The smallest absolute Gasteiger partial charge is 0.306 e. The van der Waals surface area contributed by atoms with Gasteiger partial charge in [0.15, 0.2) is 6.10 Å². The molecule has 0 bridgehead atoms. The summed E-state index contributed by atoms with van der Waals surface area (Å²) in [7, 11) is 0. The molecule has 6 heteroatoms. The molecule has 0 fully saturated rings. The van der Waals surface area contributed by atoms with Gasteiger partial charge in [-0.3, -0.25) is 14.4 Å². The van der Waals surface area contributed by atoms with Gasteiger partial charge in [-0.2, -0.15) is 0 Å². The zero-order chi connectivity index (χ0) is 54.3. The first-order valence-corrected chi connectivity index (χ1v) is 32.8. The molecule has 0 aromatic heterocycles. The van der Waals surface area contributed by atoms with E-state index in [4.69, 9.17) is 14.2 Å². The lowest BCUT2D eigenvalue weighted by atomic mass is 10.0. The summed E-state index contributed by atoms with van der Waals surface area (Å²) in [5.41, 5.74) is 0. The normalized spacial score (nSPS) is 12.4. The van der Waals surface area contributed by atoms with Gasteiger partial charge in [-0.05, 0) is 64.2 Å². The van der Waals surface area contributed by atoms with E-state index < -0.39 is 6.10 Å². The van der Waals surface area contributed by atoms with E-state index in [0.717, 1.165) is 89.9 Å². The van der Waals surface area contributed by atoms with Crippen LogP contribution in [0.5, 0.6) is 0 Å². The Morgan fingerprint density at radius 1 is 0.280 bits per heavy atom. The van der Waals surface area contributed by atoms with Crippen LogP contribution in [-0.4, -0.2) is 37.2 Å². The second-order valence-corrected chi connectivity index (χ2v) is 22.0. The fourth-order valence-electron chi connectivity index (χ4n) is 9.65. The molecule has 1 atom stereocenters. The first-order valence-electron chi connectivity index (χ1n) is 32.8. The molecule has 0 heterocycles. The molecule has 0 rings (SSSR count). The Morgan fingerprint density at radius 2 is 0.520 bits per heavy atom. The second kappa shape index (κ2) is 63.6. The van der Waals surface area contributed by atoms with Gasteiger partial charge in [0.1, 0.15) is 13.2 Å². The SMILES string of the molecule is CC/C=C\C/C=C\C/C=C\C/C=C\C/C=C\CCCCCCCCCCCCCCCC(=O)OCC(COC(=O)CCCCCCCCCCC)OC(=O)CCCCCCCCCCCCCCCCCCCCC. The van der Waals surface area contributed by atoms with E-state index in [1.807, 2.05) is 0 Å². The number of hydrogen-bond donors (Lipinski definition) is 0. The number of esters is 3. The first kappa shape index (κ1) is 72.1. The molecule has 0 radical (unpaired) electrons. The molecule has 0 spiro atoms. The maximum Gasteiger partial charge on any atom is 0.306 e. The summed E-state index contributed by atoms with van der Waals surface area (Å²) in [6, 6.07) is 0. The molecule has 0 N–H and O–H groups in total. The number of rotatable bonds is 60. The van der Waals surface area contributed by atoms with Gasteiger partial charge in [0, 0.05) is 19.3 Å². The Labute approximate surface area is 466 Å². The molecule has 1 unspecified atom stereocenters. The predicted molar refractivity (Wildman–Crippen MR) is 325 cm³/mol. The Hall–Kier alpha value is -2.89. The van der Waals surface area contributed by atoms with Gasteiger partial charge in [-0.15, -0.1) is 0 Å². The predicted octanol–water partition coefficient (Wildman–Crippen LogP) is 22.3. The van der Waals surface area contributed by atoms with Crippen molar-refractivity contribution >= 4 is 17.9 Å². The van der Waals surface area contributed by atoms with Crippen LogP contribution in [0.15, 0.2) is 60.8 Å². The fraction of sp³-hybridized carbons (Fsp3) is 0.812. The highest BCUT2D eigenvalue weighted by atomic mass is 16.6. The Kier molecular flexibility index (Phi) is 61.2. The van der Waals surface area contributed by atoms with Crippen molar-refractivity contribution in [1.82, 2.24) is 0 Å². The van der Waals surface area contributed by atoms with Gasteiger partial charge in [0.2, 0.25) is 0 Å². The molecule has 436 valence electrons. The summed E-state index contributed by atoms with van der Waals surface area (Å²) >= 11 is 0. The average Bonchev–Trinajstić information content (AvgIpc) is 3.41. The third-order valence-electron chi connectivity index (χ3n) is 14.5. The first-order chi connectivity index (χ1) is 37.0. The van der Waals surface area contributed by atoms with Crippen molar-refractivity contribution in [2.24, 2.45) is 0 Å². The molecule has 75 heavy (non-hydrogen) atoms. The summed E-state index contributed by atoms with van der Waals surface area (Å²) < 4.78 is 16.9. The minimum atomic E-state index is -0.769. The monoisotopic (exact) mass is 1050 g/mol. The summed E-state index contributed by atoms with van der Waals surface area (Å²) in [5.74, 6) is -0.852. The van der Waals surface area contributed by atoms with Crippen LogP contribution in [0.1, 0.15) is 342 Å². The highest BCUT2D eigenvalue weighted by Crippen LogP contribution is 2.18. The molecule has 0 amide bonds. The maximum atomic E-state index is 12.9. The summed E-state index contributed by atoms with van der Waals surface area (Å²) in [4.78, 5) is 38.2. The van der Waals surface area contributed by atoms with Gasteiger partial charge < -0.3 is 14.2 Å². The molecule has 0 saturated heterocycles. The van der Waals surface area contributed by atoms with E-state index in [0.29, 0.717) is 19.3 Å². The van der Waals surface area contributed by atoms with Crippen molar-refractivity contribution in [3.05, 3.63) is 60.8 Å². The zero-order valence-corrected chi connectivity index (χ0v) is 50.1. The van der Waals surface area contributed by atoms with E-state index >= 15 is 0 Å². The third kappa shape index (κ3) is 61.8. The van der Waals surface area contributed by atoms with E-state index in [9.17, 15) is 14.4 Å². The van der Waals surface area contributed by atoms with E-state index in [-0.39, 0.29) is 31.1 Å². The minimum absolute atomic E-state index is 0.0685. The number of carbonyl (C=O) groups excluding carboxylic acids is 3. The van der Waals surface area contributed by atoms with Crippen LogP contribution in [0.25, 0.3) is 0 Å². The number of carbonyl (C=O) groups is 3. The van der Waals surface area contributed by atoms with E-state index in [1.165, 1.54) is 212 Å². The molecule has 0 aliphatic rings. The molecule has 0 aromatic carbocycles. The van der Waals surface area contributed by atoms with Crippen molar-refractivity contribution in [2.45, 2.75) is 348 Å². The molecular formula is C69H124O6. The van der Waals surface area contributed by atoms with E-state index in [1.54, 1.807) is 0 Å².